The van der Waals surface area contributed by atoms with E-state index < -0.39 is 18.0 Å². The van der Waals surface area contributed by atoms with E-state index in [4.69, 9.17) is 27.2 Å². The minimum absolute atomic E-state index is 0.153. The normalized spacial score (nSPS) is 13.1. The molecule has 4 nitrogen and oxygen atoms in total. The predicted octanol–water partition coefficient (Wildman–Crippen LogP) is 3.29. The highest BCUT2D eigenvalue weighted by molar-refractivity contribution is 8.07. The first-order valence-electron chi connectivity index (χ1n) is 4.86. The molecule has 0 saturated heterocycles. The molecule has 0 unspecified atom stereocenters. The molecule has 0 heterocycles. The third-order valence-corrected chi connectivity index (χ3v) is 3.19. The van der Waals surface area contributed by atoms with Crippen LogP contribution in [0.15, 0.2) is 30.3 Å². The van der Waals surface area contributed by atoms with E-state index in [1.165, 1.54) is 6.92 Å². The second kappa shape index (κ2) is 6.41. The lowest BCUT2D eigenvalue weighted by Gasteiger charge is -2.13. The number of carbonyl (C=O) groups excluding carboxylic acids is 1. The van der Waals surface area contributed by atoms with Crippen molar-refractivity contribution in [3.05, 3.63) is 35.9 Å². The molecule has 0 bridgehead atoms. The van der Waals surface area contributed by atoms with Crippen LogP contribution in [0.2, 0.25) is 0 Å². The molecule has 17 heavy (non-hydrogen) atoms. The summed E-state index contributed by atoms with van der Waals surface area (Å²) in [5.74, 6) is -4.04. The van der Waals surface area contributed by atoms with E-state index in [0.717, 1.165) is 5.56 Å². The molecule has 7 heteroatoms. The van der Waals surface area contributed by atoms with Gasteiger partial charge in [-0.25, -0.2) is 5.09 Å². The first-order valence-corrected chi connectivity index (χ1v) is 8.38. The third-order valence-electron chi connectivity index (χ3n) is 1.92. The van der Waals surface area contributed by atoms with Gasteiger partial charge in [0.15, 0.2) is 0 Å². The summed E-state index contributed by atoms with van der Waals surface area (Å²) >= 11 is 10.6. The lowest BCUT2D eigenvalue weighted by molar-refractivity contribution is -0.146. The molecule has 94 valence electrons. The SMILES string of the molecule is C[C@H](NP(=O)(Cl)Cl)C(=O)OCc1ccccc1. The molecule has 1 atom stereocenters. The van der Waals surface area contributed by atoms with Crippen molar-refractivity contribution in [2.24, 2.45) is 0 Å². The number of hydrogen-bond donors (Lipinski definition) is 1. The summed E-state index contributed by atoms with van der Waals surface area (Å²) < 4.78 is 16.0. The summed E-state index contributed by atoms with van der Waals surface area (Å²) in [5.41, 5.74) is 0.868. The van der Waals surface area contributed by atoms with Gasteiger partial charge in [-0.1, -0.05) is 30.3 Å². The summed E-state index contributed by atoms with van der Waals surface area (Å²) in [6, 6.07) is 8.40. The lowest BCUT2D eigenvalue weighted by atomic mass is 10.2. The van der Waals surface area contributed by atoms with Gasteiger partial charge in [0.2, 0.25) is 0 Å². The molecule has 0 aromatic heterocycles. The Morgan fingerprint density at radius 1 is 1.41 bits per heavy atom. The van der Waals surface area contributed by atoms with Crippen molar-refractivity contribution in [3.8, 4) is 0 Å². The third kappa shape index (κ3) is 6.08. The van der Waals surface area contributed by atoms with Crippen LogP contribution in [0.3, 0.4) is 0 Å². The van der Waals surface area contributed by atoms with Crippen molar-refractivity contribution in [1.82, 2.24) is 5.09 Å². The average molecular weight is 296 g/mol. The van der Waals surface area contributed by atoms with Crippen LogP contribution in [-0.2, 0) is 20.7 Å². The molecule has 1 rings (SSSR count). The van der Waals surface area contributed by atoms with Gasteiger partial charge in [-0.2, -0.15) is 0 Å². The Labute approximate surface area is 109 Å². The van der Waals surface area contributed by atoms with Gasteiger partial charge < -0.3 is 4.74 Å². The van der Waals surface area contributed by atoms with Crippen LogP contribution in [0.25, 0.3) is 0 Å². The molecule has 0 aliphatic heterocycles. The largest absolute Gasteiger partial charge is 0.460 e. The van der Waals surface area contributed by atoms with Crippen molar-refractivity contribution in [1.29, 1.82) is 0 Å². The second-order valence-electron chi connectivity index (χ2n) is 3.41. The highest BCUT2D eigenvalue weighted by Gasteiger charge is 2.23. The van der Waals surface area contributed by atoms with Crippen LogP contribution < -0.4 is 5.09 Å². The van der Waals surface area contributed by atoms with E-state index in [9.17, 15) is 9.36 Å². The fourth-order valence-corrected chi connectivity index (χ4v) is 2.57. The molecule has 1 aromatic carbocycles. The second-order valence-corrected chi connectivity index (χ2v) is 7.96. The maximum absolute atomic E-state index is 11.5. The standard InChI is InChI=1S/C10H12Cl2NO3P/c1-8(13-17(11,12)15)10(14)16-7-9-5-3-2-4-6-9/h2-6,8H,7H2,1H3,(H,13,15)/t8-/m0/s1. The summed E-state index contributed by atoms with van der Waals surface area (Å²) in [5, 5.41) is 2.27. The molecule has 0 saturated carbocycles. The molecule has 0 aliphatic carbocycles. The minimum atomic E-state index is -3.48. The quantitative estimate of drug-likeness (QED) is 0.669. The highest BCUT2D eigenvalue weighted by atomic mass is 35.9. The van der Waals surface area contributed by atoms with Crippen molar-refractivity contribution in [2.45, 2.75) is 19.6 Å². The van der Waals surface area contributed by atoms with Gasteiger partial charge >= 0.3 is 12.0 Å². The molecule has 0 spiro atoms. The molecule has 1 aromatic rings. The number of benzene rings is 1. The summed E-state index contributed by atoms with van der Waals surface area (Å²) in [7, 11) is 0. The van der Waals surface area contributed by atoms with Crippen LogP contribution in [0.5, 0.6) is 0 Å². The zero-order chi connectivity index (χ0) is 12.9. The maximum Gasteiger partial charge on any atom is 0.323 e. The van der Waals surface area contributed by atoms with Gasteiger partial charge in [-0.3, -0.25) is 9.36 Å². The number of halogens is 2. The van der Waals surface area contributed by atoms with Crippen LogP contribution in [-0.4, -0.2) is 12.0 Å². The number of esters is 1. The molecule has 0 fully saturated rings. The number of hydrogen-bond acceptors (Lipinski definition) is 3. The Hall–Kier alpha value is -0.540. The first kappa shape index (κ1) is 14.5. The smallest absolute Gasteiger partial charge is 0.323 e. The summed E-state index contributed by atoms with van der Waals surface area (Å²) in [6.07, 6.45) is 0. The zero-order valence-corrected chi connectivity index (χ0v) is 11.5. The van der Waals surface area contributed by atoms with E-state index in [0.29, 0.717) is 0 Å². The van der Waals surface area contributed by atoms with Gasteiger partial charge in [0.25, 0.3) is 0 Å². The van der Waals surface area contributed by atoms with E-state index in [2.05, 4.69) is 5.09 Å². The number of carbonyl (C=O) groups is 1. The van der Waals surface area contributed by atoms with E-state index in [1.807, 2.05) is 30.3 Å². The van der Waals surface area contributed by atoms with Crippen LogP contribution in [0.4, 0.5) is 0 Å². The first-order chi connectivity index (χ1) is 7.88. The predicted molar refractivity (Wildman–Crippen MR) is 68.1 cm³/mol. The molecular formula is C10H12Cl2NO3P. The molecule has 0 radical (unpaired) electrons. The lowest BCUT2D eigenvalue weighted by Crippen LogP contribution is -2.31. The van der Waals surface area contributed by atoms with Crippen LogP contribution >= 0.6 is 28.5 Å². The van der Waals surface area contributed by atoms with Crippen LogP contribution in [0, 0.1) is 0 Å². The number of rotatable bonds is 5. The Bertz CT molecular complexity index is 421. The molecule has 0 aliphatic rings. The molecule has 0 amide bonds. The van der Waals surface area contributed by atoms with Crippen molar-refractivity contribution >= 4 is 34.4 Å². The van der Waals surface area contributed by atoms with E-state index in [1.54, 1.807) is 0 Å². The monoisotopic (exact) mass is 295 g/mol. The summed E-state index contributed by atoms with van der Waals surface area (Å²) in [6.45, 7) is 1.63. The maximum atomic E-state index is 11.5. The fourth-order valence-electron chi connectivity index (χ4n) is 1.13. The van der Waals surface area contributed by atoms with Gasteiger partial charge in [-0.15, -0.1) is 0 Å². The Morgan fingerprint density at radius 3 is 2.53 bits per heavy atom. The average Bonchev–Trinajstić information content (AvgIpc) is 2.25. The molecule has 1 N–H and O–H groups in total. The topological polar surface area (TPSA) is 55.4 Å². The van der Waals surface area contributed by atoms with Crippen molar-refractivity contribution in [2.75, 3.05) is 0 Å². The highest BCUT2D eigenvalue weighted by Crippen LogP contribution is 2.52. The minimum Gasteiger partial charge on any atom is -0.460 e. The number of nitrogens with one attached hydrogen (secondary N) is 1. The Morgan fingerprint density at radius 2 is 2.00 bits per heavy atom. The number of ether oxygens (including phenoxy) is 1. The van der Waals surface area contributed by atoms with Gasteiger partial charge in [0, 0.05) is 0 Å². The van der Waals surface area contributed by atoms with Crippen LogP contribution in [0.1, 0.15) is 12.5 Å². The Balaban J connectivity index is 2.42. The van der Waals surface area contributed by atoms with Crippen molar-refractivity contribution in [3.63, 3.8) is 0 Å². The van der Waals surface area contributed by atoms with Crippen molar-refractivity contribution < 1.29 is 14.1 Å². The van der Waals surface area contributed by atoms with E-state index in [-0.39, 0.29) is 6.61 Å². The van der Waals surface area contributed by atoms with Gasteiger partial charge in [0.05, 0.1) is 0 Å². The fraction of sp³-hybridized carbons (Fsp3) is 0.300. The van der Waals surface area contributed by atoms with Gasteiger partial charge in [-0.05, 0) is 35.0 Å². The van der Waals surface area contributed by atoms with Gasteiger partial charge in [0.1, 0.15) is 12.6 Å². The Kier molecular flexibility index (Phi) is 5.47. The summed E-state index contributed by atoms with van der Waals surface area (Å²) in [4.78, 5) is 11.5. The molecular weight excluding hydrogens is 284 g/mol. The van der Waals surface area contributed by atoms with E-state index >= 15 is 0 Å². The zero-order valence-electron chi connectivity index (χ0n) is 9.10.